The Balaban J connectivity index is 1.80. The van der Waals surface area contributed by atoms with E-state index in [1.807, 2.05) is 6.07 Å². The monoisotopic (exact) mass is 239 g/mol. The average Bonchev–Trinajstić information content (AvgIpc) is 2.74. The zero-order valence-corrected chi connectivity index (χ0v) is 9.59. The lowest BCUT2D eigenvalue weighted by atomic mass is 10.3. The molecule has 17 heavy (non-hydrogen) atoms. The number of aliphatic carboxylic acids is 1. The molecule has 1 aromatic rings. The Morgan fingerprint density at radius 3 is 2.71 bits per heavy atom. The van der Waals surface area contributed by atoms with Crippen LogP contribution in [0.2, 0.25) is 0 Å². The quantitative estimate of drug-likeness (QED) is 0.660. The van der Waals surface area contributed by atoms with E-state index in [1.54, 1.807) is 0 Å². The number of nitrogen functional groups attached to an aromatic ring is 1. The molecule has 0 aliphatic carbocycles. The van der Waals surface area contributed by atoms with Gasteiger partial charge in [-0.15, -0.1) is 0 Å². The SMILES string of the molecule is Nc1cc(N2CCN(CCC(=O)O)CC2)n[nH]1. The molecule has 0 amide bonds. The smallest absolute Gasteiger partial charge is 0.304 e. The fourth-order valence-corrected chi connectivity index (χ4v) is 1.94. The van der Waals surface area contributed by atoms with E-state index in [1.165, 1.54) is 0 Å². The molecule has 0 spiro atoms. The highest BCUT2D eigenvalue weighted by Crippen LogP contribution is 2.15. The van der Waals surface area contributed by atoms with Gasteiger partial charge in [0.2, 0.25) is 0 Å². The normalized spacial score (nSPS) is 17.3. The number of hydrogen-bond donors (Lipinski definition) is 3. The van der Waals surface area contributed by atoms with Crippen molar-refractivity contribution in [2.45, 2.75) is 6.42 Å². The van der Waals surface area contributed by atoms with Gasteiger partial charge >= 0.3 is 5.97 Å². The van der Waals surface area contributed by atoms with Crippen molar-refractivity contribution in [1.29, 1.82) is 0 Å². The van der Waals surface area contributed by atoms with Gasteiger partial charge in [-0.25, -0.2) is 0 Å². The molecular formula is C10H17N5O2. The first-order chi connectivity index (χ1) is 8.15. The molecule has 1 aliphatic heterocycles. The van der Waals surface area contributed by atoms with Gasteiger partial charge in [0.1, 0.15) is 5.82 Å². The lowest BCUT2D eigenvalue weighted by Crippen LogP contribution is -2.47. The van der Waals surface area contributed by atoms with Gasteiger partial charge in [0.15, 0.2) is 5.82 Å². The minimum atomic E-state index is -0.743. The molecule has 2 rings (SSSR count). The number of anilines is 2. The molecule has 1 aliphatic rings. The van der Waals surface area contributed by atoms with Gasteiger partial charge in [-0.05, 0) is 0 Å². The van der Waals surface area contributed by atoms with Gasteiger partial charge in [-0.1, -0.05) is 0 Å². The number of nitrogens with zero attached hydrogens (tertiary/aromatic N) is 3. The predicted molar refractivity (Wildman–Crippen MR) is 63.9 cm³/mol. The topological polar surface area (TPSA) is 98.5 Å². The van der Waals surface area contributed by atoms with Crippen LogP contribution in [0.5, 0.6) is 0 Å². The third-order valence-electron chi connectivity index (χ3n) is 2.92. The molecule has 1 fully saturated rings. The second-order valence-corrected chi connectivity index (χ2v) is 4.15. The maximum Gasteiger partial charge on any atom is 0.304 e. The highest BCUT2D eigenvalue weighted by atomic mass is 16.4. The minimum Gasteiger partial charge on any atom is -0.481 e. The van der Waals surface area contributed by atoms with Crippen molar-refractivity contribution in [3.05, 3.63) is 6.07 Å². The second kappa shape index (κ2) is 5.05. The van der Waals surface area contributed by atoms with Gasteiger partial charge in [0, 0.05) is 38.8 Å². The lowest BCUT2D eigenvalue weighted by Gasteiger charge is -2.34. The molecule has 4 N–H and O–H groups in total. The fraction of sp³-hybridized carbons (Fsp3) is 0.600. The van der Waals surface area contributed by atoms with Crippen molar-refractivity contribution in [3.63, 3.8) is 0 Å². The van der Waals surface area contributed by atoms with Crippen LogP contribution >= 0.6 is 0 Å². The number of carboxylic acid groups (broad SMARTS) is 1. The largest absolute Gasteiger partial charge is 0.481 e. The molecule has 0 atom stereocenters. The summed E-state index contributed by atoms with van der Waals surface area (Å²) in [7, 11) is 0. The third-order valence-corrected chi connectivity index (χ3v) is 2.92. The number of aromatic amines is 1. The average molecular weight is 239 g/mol. The van der Waals surface area contributed by atoms with Crippen LogP contribution in [0.1, 0.15) is 6.42 Å². The van der Waals surface area contributed by atoms with Crippen LogP contribution in [0.4, 0.5) is 11.6 Å². The van der Waals surface area contributed by atoms with Gasteiger partial charge in [-0.2, -0.15) is 5.10 Å². The first kappa shape index (κ1) is 11.7. The van der Waals surface area contributed by atoms with Gasteiger partial charge in [0.05, 0.1) is 6.42 Å². The highest BCUT2D eigenvalue weighted by Gasteiger charge is 2.18. The molecule has 1 aromatic heterocycles. The standard InChI is InChI=1S/C10H17N5O2/c11-8-7-9(13-12-8)15-5-3-14(4-6-15)2-1-10(16)17/h7H,1-6H2,(H,16,17)(H3,11,12,13). The number of carboxylic acids is 1. The van der Waals surface area contributed by atoms with Crippen LogP contribution in [0.25, 0.3) is 0 Å². The Morgan fingerprint density at radius 2 is 2.18 bits per heavy atom. The molecule has 0 aromatic carbocycles. The number of hydrogen-bond acceptors (Lipinski definition) is 5. The van der Waals surface area contributed by atoms with Crippen LogP contribution in [0.15, 0.2) is 6.07 Å². The summed E-state index contributed by atoms with van der Waals surface area (Å²) in [4.78, 5) is 14.8. The number of rotatable bonds is 4. The van der Waals surface area contributed by atoms with E-state index in [0.717, 1.165) is 32.0 Å². The summed E-state index contributed by atoms with van der Waals surface area (Å²) >= 11 is 0. The van der Waals surface area contributed by atoms with Gasteiger partial charge in [-0.3, -0.25) is 14.8 Å². The van der Waals surface area contributed by atoms with Crippen molar-refractivity contribution in [3.8, 4) is 0 Å². The van der Waals surface area contributed by atoms with E-state index in [4.69, 9.17) is 10.8 Å². The number of aromatic nitrogens is 2. The number of nitrogens with two attached hydrogens (primary N) is 1. The van der Waals surface area contributed by atoms with E-state index in [2.05, 4.69) is 20.0 Å². The number of nitrogens with one attached hydrogen (secondary N) is 1. The number of carbonyl (C=O) groups is 1. The molecule has 0 radical (unpaired) electrons. The predicted octanol–water partition coefficient (Wildman–Crippen LogP) is -0.411. The van der Waals surface area contributed by atoms with Crippen molar-refractivity contribution in [1.82, 2.24) is 15.1 Å². The summed E-state index contributed by atoms with van der Waals surface area (Å²) in [6, 6.07) is 1.81. The summed E-state index contributed by atoms with van der Waals surface area (Å²) in [6.07, 6.45) is 0.204. The van der Waals surface area contributed by atoms with Crippen LogP contribution in [-0.4, -0.2) is 58.9 Å². The molecule has 0 saturated carbocycles. The van der Waals surface area contributed by atoms with Crippen LogP contribution in [-0.2, 0) is 4.79 Å². The summed E-state index contributed by atoms with van der Waals surface area (Å²) in [5, 5.41) is 15.4. The summed E-state index contributed by atoms with van der Waals surface area (Å²) < 4.78 is 0. The number of piperazine rings is 1. The lowest BCUT2D eigenvalue weighted by molar-refractivity contribution is -0.137. The first-order valence-corrected chi connectivity index (χ1v) is 5.65. The molecule has 1 saturated heterocycles. The van der Waals surface area contributed by atoms with Crippen molar-refractivity contribution >= 4 is 17.6 Å². The van der Waals surface area contributed by atoms with E-state index in [9.17, 15) is 4.79 Å². The second-order valence-electron chi connectivity index (χ2n) is 4.15. The summed E-state index contributed by atoms with van der Waals surface area (Å²) in [5.41, 5.74) is 5.57. The minimum absolute atomic E-state index is 0.204. The van der Waals surface area contributed by atoms with Crippen molar-refractivity contribution in [2.24, 2.45) is 0 Å². The molecule has 0 unspecified atom stereocenters. The van der Waals surface area contributed by atoms with Crippen molar-refractivity contribution in [2.75, 3.05) is 43.4 Å². The van der Waals surface area contributed by atoms with Gasteiger partial charge in [0.25, 0.3) is 0 Å². The Morgan fingerprint density at radius 1 is 1.47 bits per heavy atom. The van der Waals surface area contributed by atoms with Crippen molar-refractivity contribution < 1.29 is 9.90 Å². The Bertz CT molecular complexity index is 384. The Kier molecular flexibility index (Phi) is 3.48. The molecule has 2 heterocycles. The van der Waals surface area contributed by atoms with Crippen LogP contribution in [0, 0.1) is 0 Å². The summed E-state index contributed by atoms with van der Waals surface area (Å²) in [6.45, 7) is 4.04. The Hall–Kier alpha value is -1.76. The van der Waals surface area contributed by atoms with E-state index < -0.39 is 5.97 Å². The number of H-pyrrole nitrogens is 1. The van der Waals surface area contributed by atoms with Gasteiger partial charge < -0.3 is 15.7 Å². The Labute approximate surface area is 99.2 Å². The summed E-state index contributed by atoms with van der Waals surface area (Å²) in [5.74, 6) is 0.682. The molecule has 94 valence electrons. The molecular weight excluding hydrogens is 222 g/mol. The maximum atomic E-state index is 10.5. The molecule has 7 nitrogen and oxygen atoms in total. The fourth-order valence-electron chi connectivity index (χ4n) is 1.94. The zero-order valence-electron chi connectivity index (χ0n) is 9.59. The zero-order chi connectivity index (χ0) is 12.3. The van der Waals surface area contributed by atoms with E-state index in [0.29, 0.717) is 12.4 Å². The third kappa shape index (κ3) is 3.10. The van der Waals surface area contributed by atoms with Crippen LogP contribution in [0.3, 0.4) is 0 Å². The van der Waals surface area contributed by atoms with E-state index in [-0.39, 0.29) is 6.42 Å². The highest BCUT2D eigenvalue weighted by molar-refractivity contribution is 5.66. The molecule has 7 heteroatoms. The van der Waals surface area contributed by atoms with Crippen LogP contribution < -0.4 is 10.6 Å². The van der Waals surface area contributed by atoms with E-state index >= 15 is 0 Å². The first-order valence-electron chi connectivity index (χ1n) is 5.65. The molecule has 0 bridgehead atoms. The maximum absolute atomic E-state index is 10.5.